The predicted molar refractivity (Wildman–Crippen MR) is 104 cm³/mol. The second kappa shape index (κ2) is 7.28. The first-order valence-electron chi connectivity index (χ1n) is 8.39. The summed E-state index contributed by atoms with van der Waals surface area (Å²) in [5, 5.41) is 3.21. The second-order valence-corrected chi connectivity index (χ2v) is 6.97. The number of halogens is 1. The number of aryl methyl sites for hydroxylation is 2. The Morgan fingerprint density at radius 3 is 2.75 bits per heavy atom. The zero-order valence-electron chi connectivity index (χ0n) is 15.0. The molecule has 7 nitrogen and oxygen atoms in total. The average molecular weight is 394 g/mol. The Morgan fingerprint density at radius 2 is 2.00 bits per heavy atom. The van der Waals surface area contributed by atoms with Gasteiger partial charge in [0.15, 0.2) is 0 Å². The molecule has 4 aromatic rings. The molecule has 0 saturated heterocycles. The molecule has 1 aromatic carbocycles. The van der Waals surface area contributed by atoms with Crippen molar-refractivity contribution in [1.29, 1.82) is 0 Å². The third-order valence-corrected chi connectivity index (χ3v) is 5.26. The van der Waals surface area contributed by atoms with E-state index in [1.54, 1.807) is 48.1 Å². The Hall–Kier alpha value is -3.46. The third-order valence-electron chi connectivity index (χ3n) is 4.07. The van der Waals surface area contributed by atoms with Crippen LogP contribution in [0.1, 0.15) is 21.2 Å². The number of carbonyl (C=O) groups is 1. The number of rotatable bonds is 4. The topological polar surface area (TPSA) is 85.6 Å². The molecule has 0 unspecified atom stereocenters. The normalized spacial score (nSPS) is 10.8. The van der Waals surface area contributed by atoms with E-state index in [-0.39, 0.29) is 11.7 Å². The quantitative estimate of drug-likeness (QED) is 0.569. The maximum absolute atomic E-state index is 14.0. The van der Waals surface area contributed by atoms with Crippen LogP contribution in [0, 0.1) is 19.7 Å². The number of thiazole rings is 1. The minimum Gasteiger partial charge on any atom is -0.306 e. The number of hydrogen-bond donors (Lipinski definition) is 1. The van der Waals surface area contributed by atoms with Crippen molar-refractivity contribution in [2.45, 2.75) is 13.8 Å². The maximum atomic E-state index is 14.0. The molecule has 0 spiro atoms. The van der Waals surface area contributed by atoms with Gasteiger partial charge in [-0.15, -0.1) is 11.3 Å². The number of anilines is 1. The van der Waals surface area contributed by atoms with E-state index >= 15 is 0 Å². The van der Waals surface area contributed by atoms with Gasteiger partial charge in [0.25, 0.3) is 5.91 Å². The van der Waals surface area contributed by atoms with Crippen molar-refractivity contribution in [3.63, 3.8) is 0 Å². The summed E-state index contributed by atoms with van der Waals surface area (Å²) in [6, 6.07) is 8.00. The van der Waals surface area contributed by atoms with Crippen molar-refractivity contribution < 1.29 is 9.18 Å². The van der Waals surface area contributed by atoms with Crippen LogP contribution in [0.2, 0.25) is 0 Å². The summed E-state index contributed by atoms with van der Waals surface area (Å²) < 4.78 is 15.8. The Balaban J connectivity index is 1.60. The van der Waals surface area contributed by atoms with Gasteiger partial charge in [-0.05, 0) is 26.0 Å². The third kappa shape index (κ3) is 3.39. The first-order valence-corrected chi connectivity index (χ1v) is 9.20. The van der Waals surface area contributed by atoms with Crippen molar-refractivity contribution in [3.05, 3.63) is 71.3 Å². The lowest BCUT2D eigenvalue weighted by Crippen LogP contribution is -2.13. The lowest BCUT2D eigenvalue weighted by Gasteiger charge is -2.07. The molecule has 0 aliphatic carbocycles. The smallest absolute Gasteiger partial charge is 0.268 e. The standard InChI is InChI=1S/C19H15FN6OS/c1-11-17(28-19(24-11)13-5-3-4-6-14(13)20)18(27)25-15-9-16(23-10-22-15)26-8-7-21-12(26)2/h3-10H,1-2H3,(H,22,23,25,27). The summed E-state index contributed by atoms with van der Waals surface area (Å²) >= 11 is 1.14. The molecule has 1 N–H and O–H groups in total. The minimum atomic E-state index is -0.376. The molecule has 0 radical (unpaired) electrons. The van der Waals surface area contributed by atoms with Crippen molar-refractivity contribution >= 4 is 23.1 Å². The van der Waals surface area contributed by atoms with E-state index in [9.17, 15) is 9.18 Å². The molecule has 140 valence electrons. The highest BCUT2D eigenvalue weighted by Crippen LogP contribution is 2.30. The lowest BCUT2D eigenvalue weighted by atomic mass is 10.2. The van der Waals surface area contributed by atoms with Crippen molar-refractivity contribution in [2.75, 3.05) is 5.32 Å². The van der Waals surface area contributed by atoms with Gasteiger partial charge in [0.2, 0.25) is 0 Å². The molecule has 28 heavy (non-hydrogen) atoms. The molecular formula is C19H15FN6OS. The van der Waals surface area contributed by atoms with Crippen LogP contribution in [0.15, 0.2) is 49.1 Å². The van der Waals surface area contributed by atoms with Crippen LogP contribution in [0.25, 0.3) is 16.4 Å². The van der Waals surface area contributed by atoms with E-state index in [4.69, 9.17) is 0 Å². The molecular weight excluding hydrogens is 379 g/mol. The fourth-order valence-electron chi connectivity index (χ4n) is 2.70. The van der Waals surface area contributed by atoms with Gasteiger partial charge in [0.05, 0.1) is 5.69 Å². The van der Waals surface area contributed by atoms with Gasteiger partial charge in [-0.3, -0.25) is 9.36 Å². The summed E-state index contributed by atoms with van der Waals surface area (Å²) in [5.74, 6) is 0.976. The van der Waals surface area contributed by atoms with Gasteiger partial charge in [0, 0.05) is 24.0 Å². The summed E-state index contributed by atoms with van der Waals surface area (Å²) in [5.41, 5.74) is 0.898. The fourth-order valence-corrected chi connectivity index (χ4v) is 3.69. The van der Waals surface area contributed by atoms with Crippen LogP contribution in [0.3, 0.4) is 0 Å². The summed E-state index contributed by atoms with van der Waals surface area (Å²) in [4.78, 5) is 29.9. The Kier molecular flexibility index (Phi) is 4.66. The number of amides is 1. The largest absolute Gasteiger partial charge is 0.306 e. The molecule has 3 aromatic heterocycles. The number of aromatic nitrogens is 5. The molecule has 3 heterocycles. The van der Waals surface area contributed by atoms with E-state index in [1.165, 1.54) is 12.4 Å². The maximum Gasteiger partial charge on any atom is 0.268 e. The summed E-state index contributed by atoms with van der Waals surface area (Å²) in [6.45, 7) is 3.57. The van der Waals surface area contributed by atoms with Gasteiger partial charge in [-0.1, -0.05) is 12.1 Å². The number of nitrogens with one attached hydrogen (secondary N) is 1. The van der Waals surface area contributed by atoms with Crippen molar-refractivity contribution in [2.24, 2.45) is 0 Å². The number of benzene rings is 1. The van der Waals surface area contributed by atoms with Gasteiger partial charge in [-0.2, -0.15) is 0 Å². The zero-order chi connectivity index (χ0) is 19.7. The zero-order valence-corrected chi connectivity index (χ0v) is 15.9. The first kappa shape index (κ1) is 17.9. The SMILES string of the molecule is Cc1nc(-c2ccccc2F)sc1C(=O)Nc1cc(-n2ccnc2C)ncn1. The number of nitrogens with zero attached hydrogens (tertiary/aromatic N) is 5. The van der Waals surface area contributed by atoms with Crippen LogP contribution >= 0.6 is 11.3 Å². The molecule has 4 rings (SSSR count). The Bertz CT molecular complexity index is 1170. The van der Waals surface area contributed by atoms with Crippen molar-refractivity contribution in [3.8, 4) is 16.4 Å². The van der Waals surface area contributed by atoms with Crippen LogP contribution in [-0.2, 0) is 0 Å². The summed E-state index contributed by atoms with van der Waals surface area (Å²) in [7, 11) is 0. The van der Waals surface area contributed by atoms with Gasteiger partial charge in [0.1, 0.15) is 39.5 Å². The molecule has 0 aliphatic heterocycles. The van der Waals surface area contributed by atoms with Gasteiger partial charge in [-0.25, -0.2) is 24.3 Å². The summed E-state index contributed by atoms with van der Waals surface area (Å²) in [6.07, 6.45) is 4.81. The number of carbonyl (C=O) groups excluding carboxylic acids is 1. The highest BCUT2D eigenvalue weighted by molar-refractivity contribution is 7.17. The minimum absolute atomic E-state index is 0.350. The molecule has 9 heteroatoms. The van der Waals surface area contributed by atoms with E-state index in [0.29, 0.717) is 32.8 Å². The highest BCUT2D eigenvalue weighted by atomic mass is 32.1. The van der Waals surface area contributed by atoms with E-state index < -0.39 is 0 Å². The highest BCUT2D eigenvalue weighted by Gasteiger charge is 2.18. The van der Waals surface area contributed by atoms with E-state index in [0.717, 1.165) is 17.2 Å². The monoisotopic (exact) mass is 394 g/mol. The lowest BCUT2D eigenvalue weighted by molar-refractivity contribution is 0.102. The predicted octanol–water partition coefficient (Wildman–Crippen LogP) is 3.79. The fraction of sp³-hybridized carbons (Fsp3) is 0.105. The van der Waals surface area contributed by atoms with Crippen LogP contribution in [-0.4, -0.2) is 30.4 Å². The molecule has 0 atom stereocenters. The van der Waals surface area contributed by atoms with E-state index in [1.807, 2.05) is 6.92 Å². The second-order valence-electron chi connectivity index (χ2n) is 5.97. The number of imidazole rings is 1. The van der Waals surface area contributed by atoms with E-state index in [2.05, 4.69) is 25.3 Å². The molecule has 1 amide bonds. The average Bonchev–Trinajstić information content (AvgIpc) is 3.28. The molecule has 0 bridgehead atoms. The van der Waals surface area contributed by atoms with Gasteiger partial charge < -0.3 is 5.32 Å². The molecule has 0 saturated carbocycles. The Labute approximate surface area is 164 Å². The molecule has 0 aliphatic rings. The molecule has 0 fully saturated rings. The van der Waals surface area contributed by atoms with Crippen LogP contribution in [0.5, 0.6) is 0 Å². The van der Waals surface area contributed by atoms with Gasteiger partial charge >= 0.3 is 0 Å². The van der Waals surface area contributed by atoms with Crippen LogP contribution < -0.4 is 5.32 Å². The van der Waals surface area contributed by atoms with Crippen LogP contribution in [0.4, 0.5) is 10.2 Å². The number of hydrogen-bond acceptors (Lipinski definition) is 6. The Morgan fingerprint density at radius 1 is 1.18 bits per heavy atom. The van der Waals surface area contributed by atoms with Crippen molar-refractivity contribution in [1.82, 2.24) is 24.5 Å². The first-order chi connectivity index (χ1) is 13.5.